The fourth-order valence-corrected chi connectivity index (χ4v) is 1.99. The second-order valence-electron chi connectivity index (χ2n) is 4.52. The van der Waals surface area contributed by atoms with Crippen molar-refractivity contribution in [1.82, 2.24) is 0 Å². The molecule has 0 radical (unpaired) electrons. The molecule has 21 heavy (non-hydrogen) atoms. The van der Waals surface area contributed by atoms with Crippen molar-refractivity contribution in [3.63, 3.8) is 0 Å². The SMILES string of the molecule is COc1cccc(CN)c1OCCCOc1ccccc1. The van der Waals surface area contributed by atoms with Gasteiger partial charge in [-0.2, -0.15) is 0 Å². The molecule has 0 saturated carbocycles. The molecule has 0 fully saturated rings. The lowest BCUT2D eigenvalue weighted by Crippen LogP contribution is -2.08. The van der Waals surface area contributed by atoms with Crippen LogP contribution in [0.1, 0.15) is 12.0 Å². The van der Waals surface area contributed by atoms with E-state index in [4.69, 9.17) is 19.9 Å². The van der Waals surface area contributed by atoms with Crippen LogP contribution >= 0.6 is 0 Å². The van der Waals surface area contributed by atoms with E-state index in [-0.39, 0.29) is 0 Å². The summed E-state index contributed by atoms with van der Waals surface area (Å²) in [6, 6.07) is 15.5. The summed E-state index contributed by atoms with van der Waals surface area (Å²) in [7, 11) is 1.63. The van der Waals surface area contributed by atoms with Crippen LogP contribution in [0.4, 0.5) is 0 Å². The zero-order valence-electron chi connectivity index (χ0n) is 12.2. The van der Waals surface area contributed by atoms with Crippen LogP contribution < -0.4 is 19.9 Å². The number of para-hydroxylation sites is 2. The third kappa shape index (κ3) is 4.39. The van der Waals surface area contributed by atoms with E-state index in [0.29, 0.717) is 25.5 Å². The molecule has 112 valence electrons. The van der Waals surface area contributed by atoms with Crippen molar-refractivity contribution in [2.24, 2.45) is 5.73 Å². The van der Waals surface area contributed by atoms with Gasteiger partial charge < -0.3 is 19.9 Å². The van der Waals surface area contributed by atoms with Gasteiger partial charge in [0.2, 0.25) is 0 Å². The summed E-state index contributed by atoms with van der Waals surface area (Å²) < 4.78 is 16.7. The molecular weight excluding hydrogens is 266 g/mol. The average molecular weight is 287 g/mol. The third-order valence-corrected chi connectivity index (χ3v) is 3.05. The molecule has 4 nitrogen and oxygen atoms in total. The van der Waals surface area contributed by atoms with Crippen LogP contribution in [-0.4, -0.2) is 20.3 Å². The fourth-order valence-electron chi connectivity index (χ4n) is 1.99. The van der Waals surface area contributed by atoms with Gasteiger partial charge in [-0.15, -0.1) is 0 Å². The van der Waals surface area contributed by atoms with Gasteiger partial charge in [0.05, 0.1) is 20.3 Å². The Bertz CT molecular complexity index is 521. The van der Waals surface area contributed by atoms with Crippen molar-refractivity contribution in [2.75, 3.05) is 20.3 Å². The Kier molecular flexibility index (Phi) is 5.91. The molecule has 2 rings (SSSR count). The third-order valence-electron chi connectivity index (χ3n) is 3.05. The highest BCUT2D eigenvalue weighted by atomic mass is 16.5. The molecule has 0 bridgehead atoms. The molecule has 2 N–H and O–H groups in total. The monoisotopic (exact) mass is 287 g/mol. The predicted octanol–water partition coefficient (Wildman–Crippen LogP) is 3.00. The molecule has 0 aliphatic heterocycles. The molecule has 0 heterocycles. The Morgan fingerprint density at radius 1 is 0.905 bits per heavy atom. The predicted molar refractivity (Wildman–Crippen MR) is 82.9 cm³/mol. The highest BCUT2D eigenvalue weighted by Crippen LogP contribution is 2.30. The van der Waals surface area contributed by atoms with Crippen LogP contribution in [0, 0.1) is 0 Å². The summed E-state index contributed by atoms with van der Waals surface area (Å²) in [4.78, 5) is 0. The Morgan fingerprint density at radius 3 is 2.38 bits per heavy atom. The minimum Gasteiger partial charge on any atom is -0.493 e. The summed E-state index contributed by atoms with van der Waals surface area (Å²) in [5.74, 6) is 2.31. The van der Waals surface area contributed by atoms with Crippen LogP contribution in [0.15, 0.2) is 48.5 Å². The summed E-state index contributed by atoms with van der Waals surface area (Å²) in [6.07, 6.45) is 0.789. The van der Waals surface area contributed by atoms with Gasteiger partial charge in [-0.1, -0.05) is 30.3 Å². The first-order valence-electron chi connectivity index (χ1n) is 7.01. The quantitative estimate of drug-likeness (QED) is 0.758. The first kappa shape index (κ1) is 15.2. The molecular formula is C17H21NO3. The van der Waals surface area contributed by atoms with E-state index in [1.165, 1.54) is 0 Å². The molecule has 0 aromatic heterocycles. The van der Waals surface area contributed by atoms with Crippen molar-refractivity contribution >= 4 is 0 Å². The van der Waals surface area contributed by atoms with Crippen LogP contribution in [0.5, 0.6) is 17.2 Å². The van der Waals surface area contributed by atoms with E-state index < -0.39 is 0 Å². The van der Waals surface area contributed by atoms with Gasteiger partial charge in [0, 0.05) is 18.5 Å². The molecule has 4 heteroatoms. The van der Waals surface area contributed by atoms with E-state index in [9.17, 15) is 0 Å². The van der Waals surface area contributed by atoms with Gasteiger partial charge in [0.25, 0.3) is 0 Å². The molecule has 0 aliphatic rings. The molecule has 0 unspecified atom stereocenters. The summed E-state index contributed by atoms with van der Waals surface area (Å²) in [6.45, 7) is 1.59. The maximum atomic E-state index is 5.80. The average Bonchev–Trinajstić information content (AvgIpc) is 2.55. The maximum Gasteiger partial charge on any atom is 0.165 e. The minimum absolute atomic E-state index is 0.424. The van der Waals surface area contributed by atoms with Crippen molar-refractivity contribution in [1.29, 1.82) is 0 Å². The van der Waals surface area contributed by atoms with E-state index in [2.05, 4.69) is 0 Å². The number of rotatable bonds is 8. The number of methoxy groups -OCH3 is 1. The van der Waals surface area contributed by atoms with Crippen molar-refractivity contribution < 1.29 is 14.2 Å². The van der Waals surface area contributed by atoms with Crippen molar-refractivity contribution in [3.05, 3.63) is 54.1 Å². The largest absolute Gasteiger partial charge is 0.493 e. The fraction of sp³-hybridized carbons (Fsp3) is 0.294. The van der Waals surface area contributed by atoms with Gasteiger partial charge in [-0.05, 0) is 18.2 Å². The summed E-state index contributed by atoms with van der Waals surface area (Å²) in [5, 5.41) is 0. The Hall–Kier alpha value is -2.20. The molecule has 0 saturated heterocycles. The van der Waals surface area contributed by atoms with Gasteiger partial charge in [-0.25, -0.2) is 0 Å². The van der Waals surface area contributed by atoms with Crippen LogP contribution in [0.3, 0.4) is 0 Å². The maximum absolute atomic E-state index is 5.80. The molecule has 0 atom stereocenters. The Balaban J connectivity index is 1.81. The highest BCUT2D eigenvalue weighted by molar-refractivity contribution is 5.46. The van der Waals surface area contributed by atoms with Crippen LogP contribution in [0.25, 0.3) is 0 Å². The van der Waals surface area contributed by atoms with E-state index in [0.717, 1.165) is 23.5 Å². The number of nitrogens with two attached hydrogens (primary N) is 1. The zero-order valence-corrected chi connectivity index (χ0v) is 12.2. The smallest absolute Gasteiger partial charge is 0.165 e. The molecule has 0 aliphatic carbocycles. The van der Waals surface area contributed by atoms with Gasteiger partial charge in [0.15, 0.2) is 11.5 Å². The lowest BCUT2D eigenvalue weighted by atomic mass is 10.2. The Morgan fingerprint density at radius 2 is 1.67 bits per heavy atom. The Labute approximate surface area is 125 Å². The molecule has 2 aromatic carbocycles. The second kappa shape index (κ2) is 8.17. The lowest BCUT2D eigenvalue weighted by Gasteiger charge is -2.14. The number of ether oxygens (including phenoxy) is 3. The lowest BCUT2D eigenvalue weighted by molar-refractivity contribution is 0.239. The van der Waals surface area contributed by atoms with E-state index in [1.54, 1.807) is 7.11 Å². The molecule has 0 spiro atoms. The summed E-state index contributed by atoms with van der Waals surface area (Å²) >= 11 is 0. The van der Waals surface area contributed by atoms with Gasteiger partial charge in [-0.3, -0.25) is 0 Å². The summed E-state index contributed by atoms with van der Waals surface area (Å²) in [5.41, 5.74) is 6.66. The second-order valence-corrected chi connectivity index (χ2v) is 4.52. The first-order valence-corrected chi connectivity index (χ1v) is 7.01. The topological polar surface area (TPSA) is 53.7 Å². The number of hydrogen-bond acceptors (Lipinski definition) is 4. The van der Waals surface area contributed by atoms with Gasteiger partial charge in [0.1, 0.15) is 5.75 Å². The number of hydrogen-bond donors (Lipinski definition) is 1. The molecule has 0 amide bonds. The minimum atomic E-state index is 0.424. The normalized spacial score (nSPS) is 10.2. The van der Waals surface area contributed by atoms with Crippen molar-refractivity contribution in [3.8, 4) is 17.2 Å². The van der Waals surface area contributed by atoms with Gasteiger partial charge >= 0.3 is 0 Å². The molecule has 2 aromatic rings. The highest BCUT2D eigenvalue weighted by Gasteiger charge is 2.09. The standard InChI is InChI=1S/C17H21NO3/c1-19-16-10-5-7-14(13-18)17(16)21-12-6-11-20-15-8-3-2-4-9-15/h2-5,7-10H,6,11-13,18H2,1H3. The van der Waals surface area contributed by atoms with Crippen LogP contribution in [-0.2, 0) is 6.54 Å². The first-order chi connectivity index (χ1) is 10.3. The number of benzene rings is 2. The van der Waals surface area contributed by atoms with Crippen molar-refractivity contribution in [2.45, 2.75) is 13.0 Å². The van der Waals surface area contributed by atoms with E-state index >= 15 is 0 Å². The van der Waals surface area contributed by atoms with E-state index in [1.807, 2.05) is 48.5 Å². The van der Waals surface area contributed by atoms with Crippen LogP contribution in [0.2, 0.25) is 0 Å². The zero-order chi connectivity index (χ0) is 14.9.